The number of fused-ring (bicyclic) bond motifs is 1. The van der Waals surface area contributed by atoms with E-state index in [2.05, 4.69) is 15.2 Å². The number of halogens is 1. The van der Waals surface area contributed by atoms with Crippen molar-refractivity contribution < 1.29 is 9.50 Å². The van der Waals surface area contributed by atoms with E-state index in [9.17, 15) is 9.50 Å². The van der Waals surface area contributed by atoms with E-state index >= 15 is 0 Å². The summed E-state index contributed by atoms with van der Waals surface area (Å²) in [6, 6.07) is 6.67. The number of β-amino-alcohol motifs (C(OH)–C–C–N with tert-alkyl or cyclic N) is 1. The van der Waals surface area contributed by atoms with Gasteiger partial charge in [-0.2, -0.15) is 0 Å². The second-order valence-corrected chi connectivity index (χ2v) is 5.93. The first kappa shape index (κ1) is 15.3. The minimum atomic E-state index is -0.397. The van der Waals surface area contributed by atoms with Gasteiger partial charge >= 0.3 is 0 Å². The Morgan fingerprint density at radius 2 is 2.14 bits per heavy atom. The van der Waals surface area contributed by atoms with Crippen LogP contribution >= 0.6 is 0 Å². The molecule has 1 aliphatic rings. The Balaban J connectivity index is 1.57. The molecule has 1 saturated heterocycles. The SMILES string of the molecule is OC(CNCc1cc(F)cc2cccnc12)CN1CCCC1. The third kappa shape index (κ3) is 3.80. The molecule has 0 aliphatic carbocycles. The van der Waals surface area contributed by atoms with Gasteiger partial charge in [0.1, 0.15) is 5.82 Å². The zero-order valence-corrected chi connectivity index (χ0v) is 12.6. The van der Waals surface area contributed by atoms with Crippen molar-refractivity contribution in [2.24, 2.45) is 0 Å². The summed E-state index contributed by atoms with van der Waals surface area (Å²) in [4.78, 5) is 6.61. The predicted octanol–water partition coefficient (Wildman–Crippen LogP) is 1.92. The molecule has 1 aromatic carbocycles. The Morgan fingerprint density at radius 3 is 2.95 bits per heavy atom. The van der Waals surface area contributed by atoms with Crippen molar-refractivity contribution >= 4 is 10.9 Å². The van der Waals surface area contributed by atoms with Crippen LogP contribution in [0.25, 0.3) is 10.9 Å². The lowest BCUT2D eigenvalue weighted by molar-refractivity contribution is 0.123. The summed E-state index contributed by atoms with van der Waals surface area (Å²) >= 11 is 0. The number of pyridine rings is 1. The van der Waals surface area contributed by atoms with Gasteiger partial charge in [0, 0.05) is 31.2 Å². The number of nitrogens with one attached hydrogen (secondary N) is 1. The summed E-state index contributed by atoms with van der Waals surface area (Å²) in [5.74, 6) is -0.255. The third-order valence-corrected chi connectivity index (χ3v) is 4.11. The third-order valence-electron chi connectivity index (χ3n) is 4.11. The summed E-state index contributed by atoms with van der Waals surface area (Å²) in [6.45, 7) is 3.86. The van der Waals surface area contributed by atoms with Crippen LogP contribution in [0.4, 0.5) is 4.39 Å². The van der Waals surface area contributed by atoms with Crippen LogP contribution in [0, 0.1) is 5.82 Å². The first-order valence-corrected chi connectivity index (χ1v) is 7.86. The van der Waals surface area contributed by atoms with Gasteiger partial charge in [0.05, 0.1) is 11.6 Å². The summed E-state index contributed by atoms with van der Waals surface area (Å²) in [5.41, 5.74) is 1.63. The summed E-state index contributed by atoms with van der Waals surface area (Å²) in [7, 11) is 0. The minimum absolute atomic E-state index is 0.255. The highest BCUT2D eigenvalue weighted by Gasteiger charge is 2.15. The monoisotopic (exact) mass is 303 g/mol. The standard InChI is InChI=1S/C17H22FN3O/c18-15-8-13-4-3-5-20-17(13)14(9-15)10-19-11-16(22)12-21-6-1-2-7-21/h3-5,8-9,16,19,22H,1-2,6-7,10-12H2. The van der Waals surface area contributed by atoms with Gasteiger partial charge in [0.15, 0.2) is 0 Å². The maximum Gasteiger partial charge on any atom is 0.124 e. The van der Waals surface area contributed by atoms with Gasteiger partial charge in [-0.05, 0) is 49.7 Å². The molecule has 2 aromatic rings. The highest BCUT2D eigenvalue weighted by molar-refractivity contribution is 5.81. The number of aliphatic hydroxyl groups is 1. The highest BCUT2D eigenvalue weighted by atomic mass is 19.1. The average Bonchev–Trinajstić information content (AvgIpc) is 3.00. The normalized spacial score (nSPS) is 17.2. The number of nitrogens with zero attached hydrogens (tertiary/aromatic N) is 2. The molecule has 3 rings (SSSR count). The number of aliphatic hydroxyl groups excluding tert-OH is 1. The van der Waals surface area contributed by atoms with E-state index in [1.54, 1.807) is 12.3 Å². The molecule has 2 N–H and O–H groups in total. The van der Waals surface area contributed by atoms with E-state index in [0.29, 0.717) is 19.6 Å². The van der Waals surface area contributed by atoms with E-state index in [1.165, 1.54) is 25.0 Å². The van der Waals surface area contributed by atoms with Crippen molar-refractivity contribution in [3.8, 4) is 0 Å². The topological polar surface area (TPSA) is 48.4 Å². The number of likely N-dealkylation sites (tertiary alicyclic amines) is 1. The molecule has 2 heterocycles. The van der Waals surface area contributed by atoms with E-state index in [1.807, 2.05) is 6.07 Å². The number of hydrogen-bond donors (Lipinski definition) is 2. The van der Waals surface area contributed by atoms with Crippen molar-refractivity contribution in [2.45, 2.75) is 25.5 Å². The second-order valence-electron chi connectivity index (χ2n) is 5.93. The number of rotatable bonds is 6. The molecule has 1 unspecified atom stereocenters. The van der Waals surface area contributed by atoms with Gasteiger partial charge in [-0.15, -0.1) is 0 Å². The first-order chi connectivity index (χ1) is 10.7. The smallest absolute Gasteiger partial charge is 0.124 e. The quantitative estimate of drug-likeness (QED) is 0.856. The Bertz CT molecular complexity index is 628. The maximum absolute atomic E-state index is 13.6. The highest BCUT2D eigenvalue weighted by Crippen LogP contribution is 2.18. The van der Waals surface area contributed by atoms with Crippen LogP contribution in [-0.2, 0) is 6.54 Å². The van der Waals surface area contributed by atoms with E-state index in [4.69, 9.17) is 0 Å². The fraction of sp³-hybridized carbons (Fsp3) is 0.471. The van der Waals surface area contributed by atoms with Gasteiger partial charge in [0.25, 0.3) is 0 Å². The molecule has 0 amide bonds. The second kappa shape index (κ2) is 7.13. The van der Waals surface area contributed by atoms with Crippen LogP contribution in [0.5, 0.6) is 0 Å². The van der Waals surface area contributed by atoms with Crippen LogP contribution < -0.4 is 5.32 Å². The predicted molar refractivity (Wildman–Crippen MR) is 85.1 cm³/mol. The van der Waals surface area contributed by atoms with Gasteiger partial charge in [-0.25, -0.2) is 4.39 Å². The van der Waals surface area contributed by atoms with Gasteiger partial charge in [-0.3, -0.25) is 4.98 Å². The Kier molecular flexibility index (Phi) is 4.97. The molecule has 118 valence electrons. The van der Waals surface area contributed by atoms with E-state index in [0.717, 1.165) is 29.6 Å². The molecule has 1 fully saturated rings. The summed E-state index contributed by atoms with van der Waals surface area (Å²) in [5, 5.41) is 14.1. The van der Waals surface area contributed by atoms with Crippen molar-refractivity contribution in [2.75, 3.05) is 26.2 Å². The van der Waals surface area contributed by atoms with Crippen molar-refractivity contribution in [1.29, 1.82) is 0 Å². The van der Waals surface area contributed by atoms with E-state index in [-0.39, 0.29) is 5.82 Å². The van der Waals surface area contributed by atoms with Crippen LogP contribution in [0.3, 0.4) is 0 Å². The number of benzene rings is 1. The van der Waals surface area contributed by atoms with E-state index < -0.39 is 6.10 Å². The van der Waals surface area contributed by atoms with Crippen LogP contribution in [0.15, 0.2) is 30.5 Å². The fourth-order valence-corrected chi connectivity index (χ4v) is 3.06. The summed E-state index contributed by atoms with van der Waals surface area (Å²) in [6.07, 6.45) is 3.76. The lowest BCUT2D eigenvalue weighted by atomic mass is 10.1. The number of hydrogen-bond acceptors (Lipinski definition) is 4. The van der Waals surface area contributed by atoms with Gasteiger partial charge in [-0.1, -0.05) is 6.07 Å². The molecule has 0 bridgehead atoms. The Morgan fingerprint density at radius 1 is 1.32 bits per heavy atom. The summed E-state index contributed by atoms with van der Waals surface area (Å²) < 4.78 is 13.6. The molecule has 0 radical (unpaired) electrons. The molecule has 0 spiro atoms. The van der Waals surface area contributed by atoms with Gasteiger partial charge in [0.2, 0.25) is 0 Å². The zero-order chi connectivity index (χ0) is 15.4. The maximum atomic E-state index is 13.6. The largest absolute Gasteiger partial charge is 0.390 e. The zero-order valence-electron chi connectivity index (χ0n) is 12.6. The molecular weight excluding hydrogens is 281 g/mol. The fourth-order valence-electron chi connectivity index (χ4n) is 3.06. The average molecular weight is 303 g/mol. The van der Waals surface area contributed by atoms with Crippen LogP contribution in [-0.4, -0.2) is 47.3 Å². The lowest BCUT2D eigenvalue weighted by Crippen LogP contribution is -2.36. The molecule has 5 heteroatoms. The Hall–Kier alpha value is -1.56. The molecule has 1 aromatic heterocycles. The molecule has 0 saturated carbocycles. The Labute approximate surface area is 130 Å². The molecule has 1 atom stereocenters. The van der Waals surface area contributed by atoms with Crippen molar-refractivity contribution in [3.63, 3.8) is 0 Å². The van der Waals surface area contributed by atoms with Crippen LogP contribution in [0.2, 0.25) is 0 Å². The lowest BCUT2D eigenvalue weighted by Gasteiger charge is -2.19. The molecular formula is C17H22FN3O. The minimum Gasteiger partial charge on any atom is -0.390 e. The van der Waals surface area contributed by atoms with Gasteiger partial charge < -0.3 is 15.3 Å². The van der Waals surface area contributed by atoms with Crippen LogP contribution in [0.1, 0.15) is 18.4 Å². The van der Waals surface area contributed by atoms with Crippen molar-refractivity contribution in [1.82, 2.24) is 15.2 Å². The first-order valence-electron chi connectivity index (χ1n) is 7.86. The molecule has 22 heavy (non-hydrogen) atoms. The molecule has 1 aliphatic heterocycles. The molecule has 4 nitrogen and oxygen atoms in total. The number of aromatic nitrogens is 1. The van der Waals surface area contributed by atoms with Crippen molar-refractivity contribution in [3.05, 3.63) is 41.8 Å².